The Balaban J connectivity index is 1.45. The first-order valence-electron chi connectivity index (χ1n) is 14.6. The fourth-order valence-electron chi connectivity index (χ4n) is 5.14. The van der Waals surface area contributed by atoms with Gasteiger partial charge in [0.15, 0.2) is 6.10 Å². The number of aryl methyl sites for hydroxylation is 1. The van der Waals surface area contributed by atoms with Crippen molar-refractivity contribution in [2.24, 2.45) is 17.1 Å². The molecule has 42 heavy (non-hydrogen) atoms. The van der Waals surface area contributed by atoms with Gasteiger partial charge in [-0.15, -0.1) is 0 Å². The number of nitrogens with zero attached hydrogens (tertiary/aromatic N) is 2. The number of rotatable bonds is 10. The molecule has 1 aromatic heterocycles. The number of amides is 3. The van der Waals surface area contributed by atoms with Crippen molar-refractivity contribution in [1.82, 2.24) is 20.7 Å². The summed E-state index contributed by atoms with van der Waals surface area (Å²) in [6.07, 6.45) is 4.93. The van der Waals surface area contributed by atoms with E-state index in [2.05, 4.69) is 17.7 Å². The van der Waals surface area contributed by atoms with Gasteiger partial charge in [-0.05, 0) is 56.2 Å². The number of aromatic nitrogens is 1. The Bertz CT molecular complexity index is 1350. The molecular formula is C31H41N5O6. The van der Waals surface area contributed by atoms with Gasteiger partial charge in [0.05, 0.1) is 12.1 Å². The highest BCUT2D eigenvalue weighted by atomic mass is 16.6. The minimum atomic E-state index is -1.12. The minimum Gasteiger partial charge on any atom is -0.451 e. The molecule has 0 bridgehead atoms. The molecule has 0 saturated carbocycles. The number of primary amides is 1. The Morgan fingerprint density at radius 1 is 1.24 bits per heavy atom. The van der Waals surface area contributed by atoms with Crippen molar-refractivity contribution in [3.05, 3.63) is 47.7 Å². The van der Waals surface area contributed by atoms with Crippen molar-refractivity contribution >= 4 is 40.7 Å². The third-order valence-electron chi connectivity index (χ3n) is 7.81. The molecule has 3 amide bonds. The number of nitrogens with one attached hydrogen (secondary N) is 2. The van der Waals surface area contributed by atoms with E-state index in [1.165, 1.54) is 5.01 Å². The highest BCUT2D eigenvalue weighted by Crippen LogP contribution is 2.34. The van der Waals surface area contributed by atoms with E-state index in [-0.39, 0.29) is 12.5 Å². The lowest BCUT2D eigenvalue weighted by Crippen LogP contribution is -2.60. The lowest BCUT2D eigenvalue weighted by Gasteiger charge is -2.34. The highest BCUT2D eigenvalue weighted by molar-refractivity contribution is 5.91. The Morgan fingerprint density at radius 2 is 2.00 bits per heavy atom. The molecule has 0 aliphatic carbocycles. The number of carbonyl (C=O) groups is 4. The van der Waals surface area contributed by atoms with Crippen LogP contribution in [0.3, 0.4) is 0 Å². The van der Waals surface area contributed by atoms with E-state index in [1.54, 1.807) is 26.8 Å². The smallest absolute Gasteiger partial charge is 0.319 e. The topological polar surface area (TPSA) is 153 Å². The summed E-state index contributed by atoms with van der Waals surface area (Å²) in [6, 6.07) is 8.43. The van der Waals surface area contributed by atoms with Crippen LogP contribution >= 0.6 is 0 Å². The van der Waals surface area contributed by atoms with Crippen molar-refractivity contribution in [2.75, 3.05) is 19.8 Å². The molecule has 4 rings (SSSR count). The first-order valence-corrected chi connectivity index (χ1v) is 14.6. The van der Waals surface area contributed by atoms with Crippen LogP contribution in [0.5, 0.6) is 0 Å². The molecule has 226 valence electrons. The summed E-state index contributed by atoms with van der Waals surface area (Å²) in [7, 11) is 0. The van der Waals surface area contributed by atoms with Crippen LogP contribution in [0.15, 0.2) is 36.4 Å². The summed E-state index contributed by atoms with van der Waals surface area (Å²) in [4.78, 5) is 56.1. The van der Waals surface area contributed by atoms with Gasteiger partial charge in [-0.1, -0.05) is 51.1 Å². The van der Waals surface area contributed by atoms with Crippen LogP contribution < -0.4 is 16.5 Å². The van der Waals surface area contributed by atoms with Crippen LogP contribution in [0.1, 0.15) is 58.2 Å². The number of esters is 1. The van der Waals surface area contributed by atoms with E-state index in [4.69, 9.17) is 20.2 Å². The van der Waals surface area contributed by atoms with Gasteiger partial charge >= 0.3 is 5.97 Å². The van der Waals surface area contributed by atoms with Crippen molar-refractivity contribution in [2.45, 2.75) is 71.6 Å². The zero-order chi connectivity index (χ0) is 30.4. The molecule has 2 aliphatic heterocycles. The third-order valence-corrected chi connectivity index (χ3v) is 7.81. The molecule has 3 heterocycles. The summed E-state index contributed by atoms with van der Waals surface area (Å²) >= 11 is 0. The van der Waals surface area contributed by atoms with Crippen LogP contribution in [0.4, 0.5) is 0 Å². The van der Waals surface area contributed by atoms with Crippen molar-refractivity contribution in [3.8, 4) is 0 Å². The Hall–Kier alpha value is -3.83. The Kier molecular flexibility index (Phi) is 9.95. The normalized spacial score (nSPS) is 22.3. The summed E-state index contributed by atoms with van der Waals surface area (Å²) < 4.78 is 11.4. The average Bonchev–Trinajstić information content (AvgIpc) is 3.48. The van der Waals surface area contributed by atoms with Crippen molar-refractivity contribution < 1.29 is 28.7 Å². The van der Waals surface area contributed by atoms with E-state index in [9.17, 15) is 19.2 Å². The number of hydrazine groups is 1. The van der Waals surface area contributed by atoms with E-state index in [1.807, 2.05) is 36.4 Å². The van der Waals surface area contributed by atoms with Gasteiger partial charge in [0.25, 0.3) is 11.8 Å². The molecule has 2 aliphatic rings. The van der Waals surface area contributed by atoms with Gasteiger partial charge in [0, 0.05) is 24.2 Å². The van der Waals surface area contributed by atoms with Gasteiger partial charge in [-0.2, -0.15) is 0 Å². The maximum atomic E-state index is 13.6. The minimum absolute atomic E-state index is 0.136. The second-order valence-electron chi connectivity index (χ2n) is 11.4. The first kappa shape index (κ1) is 31.1. The van der Waals surface area contributed by atoms with Crippen LogP contribution in [0.25, 0.3) is 17.0 Å². The molecule has 2 aromatic rings. The zero-order valence-corrected chi connectivity index (χ0v) is 24.7. The Morgan fingerprint density at radius 3 is 2.67 bits per heavy atom. The molecule has 0 radical (unpaired) electrons. The summed E-state index contributed by atoms with van der Waals surface area (Å²) in [5.74, 6) is -2.45. The molecule has 0 spiro atoms. The third kappa shape index (κ3) is 7.14. The summed E-state index contributed by atoms with van der Waals surface area (Å²) in [6.45, 7) is 8.05. The van der Waals surface area contributed by atoms with Crippen LogP contribution in [0.2, 0.25) is 0 Å². The summed E-state index contributed by atoms with van der Waals surface area (Å²) in [5.41, 5.74) is 9.92. The van der Waals surface area contributed by atoms with Gasteiger partial charge in [0.2, 0.25) is 5.91 Å². The molecular weight excluding hydrogens is 538 g/mol. The van der Waals surface area contributed by atoms with Gasteiger partial charge in [-0.3, -0.25) is 29.2 Å². The predicted octanol–water partition coefficient (Wildman–Crippen LogP) is 2.27. The largest absolute Gasteiger partial charge is 0.451 e. The monoisotopic (exact) mass is 579 g/mol. The second kappa shape index (κ2) is 13.4. The number of fused-ring (bicyclic) bond motifs is 1. The average molecular weight is 580 g/mol. The molecule has 2 fully saturated rings. The molecule has 11 nitrogen and oxygen atoms in total. The number of pyridine rings is 1. The van der Waals surface area contributed by atoms with Crippen LogP contribution in [-0.2, 0) is 35.1 Å². The summed E-state index contributed by atoms with van der Waals surface area (Å²) in [5, 5.41) is 5.01. The van der Waals surface area contributed by atoms with E-state index >= 15 is 0 Å². The fraction of sp³-hybridized carbons (Fsp3) is 0.516. The molecule has 4 N–H and O–H groups in total. The number of carbonyl (C=O) groups excluding carboxylic acids is 4. The maximum Gasteiger partial charge on any atom is 0.319 e. The maximum absolute atomic E-state index is 13.6. The van der Waals surface area contributed by atoms with Crippen LogP contribution in [-0.4, -0.2) is 71.6 Å². The predicted molar refractivity (Wildman–Crippen MR) is 157 cm³/mol. The molecule has 11 heteroatoms. The van der Waals surface area contributed by atoms with E-state index in [0.717, 1.165) is 28.6 Å². The quantitative estimate of drug-likeness (QED) is 0.363. The second-order valence-corrected chi connectivity index (χ2v) is 11.4. The number of benzene rings is 1. The van der Waals surface area contributed by atoms with Crippen molar-refractivity contribution in [1.29, 1.82) is 0 Å². The molecule has 1 aromatic carbocycles. The van der Waals surface area contributed by atoms with Gasteiger partial charge < -0.3 is 20.5 Å². The number of nitrogens with two attached hydrogens (primary N) is 1. The van der Waals surface area contributed by atoms with E-state index < -0.39 is 47.3 Å². The van der Waals surface area contributed by atoms with Gasteiger partial charge in [-0.25, -0.2) is 5.43 Å². The number of hydrogen-bond acceptors (Lipinski definition) is 8. The number of hydrogen-bond donors (Lipinski definition) is 3. The van der Waals surface area contributed by atoms with Gasteiger partial charge in [0.1, 0.15) is 17.5 Å². The fourth-order valence-corrected chi connectivity index (χ4v) is 5.14. The zero-order valence-electron chi connectivity index (χ0n) is 24.7. The lowest BCUT2D eigenvalue weighted by molar-refractivity contribution is -0.166. The molecule has 2 saturated heterocycles. The Labute approximate surface area is 246 Å². The lowest BCUT2D eigenvalue weighted by atomic mass is 9.86. The molecule has 4 unspecified atom stereocenters. The first-order chi connectivity index (χ1) is 20.0. The molecule has 4 atom stereocenters. The number of ether oxygens (including phenoxy) is 2. The standard InChI is InChI=1S/C31H41N5O6/c1-5-23-11-10-22-9-8-21(17-25(22)34-23)12-13-31(14-16-41-18-31)30(40)42-26(19(2)3)28(38)33-20(4)29(39)36-15-6-7-24(35-36)27(32)37/h8-13,17,19-20,24,26,35H,5-7,14-16,18H2,1-4H3,(H2,32,37)(H,33,38)/b13-12+. The SMILES string of the molecule is CCc1ccc2ccc(/C=C/C3(C(=O)OC(C(=O)NC(C)C(=O)N4CCCC(C(N)=O)N4)C(C)C)CCOC3)cc2n1. The van der Waals surface area contributed by atoms with Crippen LogP contribution in [0, 0.1) is 11.3 Å². The van der Waals surface area contributed by atoms with E-state index in [0.29, 0.717) is 32.4 Å². The van der Waals surface area contributed by atoms with Crippen molar-refractivity contribution in [3.63, 3.8) is 0 Å². The highest BCUT2D eigenvalue weighted by Gasteiger charge is 2.44.